The van der Waals surface area contributed by atoms with Crippen molar-refractivity contribution in [3.8, 4) is 12.1 Å². The molecule has 0 bridgehead atoms. The molecular formula is C16H15F2N3O. The first kappa shape index (κ1) is 15.9. The van der Waals surface area contributed by atoms with Gasteiger partial charge in [-0.3, -0.25) is 4.79 Å². The lowest BCUT2D eigenvalue weighted by Gasteiger charge is -2.21. The number of carbonyl (C=O) groups excluding carboxylic acids is 1. The van der Waals surface area contributed by atoms with Crippen molar-refractivity contribution < 1.29 is 13.6 Å². The van der Waals surface area contributed by atoms with Crippen LogP contribution in [-0.2, 0) is 11.2 Å². The number of rotatable bonds is 4. The smallest absolute Gasteiger partial charge is 0.268 e. The van der Waals surface area contributed by atoms with Gasteiger partial charge in [-0.25, -0.2) is 8.78 Å². The van der Waals surface area contributed by atoms with Crippen LogP contribution in [0.3, 0.4) is 0 Å². The fraction of sp³-hybridized carbons (Fsp3) is 0.438. The van der Waals surface area contributed by atoms with Crippen molar-refractivity contribution in [2.24, 2.45) is 5.92 Å². The molecule has 4 nitrogen and oxygen atoms in total. The lowest BCUT2D eigenvalue weighted by molar-refractivity contribution is -0.135. The van der Waals surface area contributed by atoms with Crippen molar-refractivity contribution in [3.05, 3.63) is 35.9 Å². The molecule has 0 aromatic heterocycles. The van der Waals surface area contributed by atoms with Crippen LogP contribution in [0.25, 0.3) is 0 Å². The Labute approximate surface area is 127 Å². The van der Waals surface area contributed by atoms with E-state index in [0.29, 0.717) is 6.42 Å². The normalized spacial score (nSPS) is 20.9. The third-order valence-corrected chi connectivity index (χ3v) is 3.72. The molecule has 1 aliphatic heterocycles. The maximum Gasteiger partial charge on any atom is 0.268 e. The Bertz CT molecular complexity index is 619. The molecule has 2 atom stereocenters. The number of nitriles is 2. The molecule has 2 rings (SSSR count). The molecule has 1 aromatic carbocycles. The van der Waals surface area contributed by atoms with Crippen molar-refractivity contribution in [1.29, 1.82) is 10.5 Å². The van der Waals surface area contributed by atoms with Crippen LogP contribution in [-0.4, -0.2) is 29.3 Å². The van der Waals surface area contributed by atoms with Gasteiger partial charge in [0.05, 0.1) is 18.7 Å². The minimum absolute atomic E-state index is 0.250. The quantitative estimate of drug-likeness (QED) is 0.858. The highest BCUT2D eigenvalue weighted by atomic mass is 19.3. The Balaban J connectivity index is 2.03. The monoisotopic (exact) mass is 303 g/mol. The van der Waals surface area contributed by atoms with E-state index in [1.54, 1.807) is 6.07 Å². The maximum absolute atomic E-state index is 13.4. The van der Waals surface area contributed by atoms with Gasteiger partial charge in [-0.15, -0.1) is 0 Å². The highest BCUT2D eigenvalue weighted by Gasteiger charge is 2.48. The zero-order valence-corrected chi connectivity index (χ0v) is 11.9. The van der Waals surface area contributed by atoms with Crippen molar-refractivity contribution in [3.63, 3.8) is 0 Å². The van der Waals surface area contributed by atoms with E-state index < -0.39 is 36.8 Å². The summed E-state index contributed by atoms with van der Waals surface area (Å²) in [7, 11) is 0. The van der Waals surface area contributed by atoms with Gasteiger partial charge in [0.1, 0.15) is 12.0 Å². The zero-order chi connectivity index (χ0) is 16.2. The number of aryl methyl sites for hydroxylation is 1. The van der Waals surface area contributed by atoms with E-state index >= 15 is 0 Å². The van der Waals surface area contributed by atoms with Crippen LogP contribution < -0.4 is 0 Å². The molecule has 0 aliphatic carbocycles. The Morgan fingerprint density at radius 1 is 1.36 bits per heavy atom. The molecule has 0 radical (unpaired) electrons. The summed E-state index contributed by atoms with van der Waals surface area (Å²) in [6.45, 7) is -0.784. The van der Waals surface area contributed by atoms with Gasteiger partial charge in [-0.05, 0) is 18.4 Å². The SMILES string of the molecule is N#CC(CCc1ccccc1)C(=O)N1CC(F)(F)CC1C#N. The van der Waals surface area contributed by atoms with E-state index in [0.717, 1.165) is 10.5 Å². The largest absolute Gasteiger partial charge is 0.319 e. The molecule has 6 heteroatoms. The van der Waals surface area contributed by atoms with Gasteiger partial charge >= 0.3 is 0 Å². The van der Waals surface area contributed by atoms with E-state index in [4.69, 9.17) is 10.5 Å². The molecule has 1 aliphatic rings. The first-order valence-electron chi connectivity index (χ1n) is 6.98. The molecule has 22 heavy (non-hydrogen) atoms. The number of benzene rings is 1. The number of hydrogen-bond donors (Lipinski definition) is 0. The van der Waals surface area contributed by atoms with Gasteiger partial charge in [-0.1, -0.05) is 30.3 Å². The summed E-state index contributed by atoms with van der Waals surface area (Å²) in [6.07, 6.45) is 0.0951. The molecule has 1 fully saturated rings. The van der Waals surface area contributed by atoms with Crippen LogP contribution in [0.15, 0.2) is 30.3 Å². The van der Waals surface area contributed by atoms with E-state index in [-0.39, 0.29) is 6.42 Å². The Morgan fingerprint density at radius 3 is 2.64 bits per heavy atom. The average molecular weight is 303 g/mol. The van der Waals surface area contributed by atoms with Crippen LogP contribution >= 0.6 is 0 Å². The Kier molecular flexibility index (Phi) is 4.72. The van der Waals surface area contributed by atoms with Crippen LogP contribution in [0.5, 0.6) is 0 Å². The first-order chi connectivity index (χ1) is 10.5. The molecule has 1 aromatic rings. The van der Waals surface area contributed by atoms with E-state index in [2.05, 4.69) is 0 Å². The summed E-state index contributed by atoms with van der Waals surface area (Å²) in [5.74, 6) is -4.75. The van der Waals surface area contributed by atoms with E-state index in [9.17, 15) is 13.6 Å². The van der Waals surface area contributed by atoms with E-state index in [1.165, 1.54) is 0 Å². The summed E-state index contributed by atoms with van der Waals surface area (Å²) in [5.41, 5.74) is 0.971. The second-order valence-corrected chi connectivity index (χ2v) is 5.38. The van der Waals surface area contributed by atoms with Gasteiger partial charge in [-0.2, -0.15) is 10.5 Å². The highest BCUT2D eigenvalue weighted by Crippen LogP contribution is 2.33. The number of alkyl halides is 2. The summed E-state index contributed by atoms with van der Waals surface area (Å²) in [5, 5.41) is 18.1. The molecule has 1 saturated heterocycles. The van der Waals surface area contributed by atoms with Crippen molar-refractivity contribution in [1.82, 2.24) is 4.90 Å². The average Bonchev–Trinajstić information content (AvgIpc) is 2.84. The van der Waals surface area contributed by atoms with Crippen LogP contribution in [0.2, 0.25) is 0 Å². The molecular weight excluding hydrogens is 288 g/mol. The van der Waals surface area contributed by atoms with Crippen LogP contribution in [0.1, 0.15) is 18.4 Å². The third-order valence-electron chi connectivity index (χ3n) is 3.72. The second kappa shape index (κ2) is 6.53. The molecule has 0 saturated carbocycles. The Morgan fingerprint density at radius 2 is 2.05 bits per heavy atom. The summed E-state index contributed by atoms with van der Waals surface area (Å²) in [6, 6.07) is 11.8. The molecule has 114 valence electrons. The number of halogens is 2. The number of carbonyl (C=O) groups is 1. The minimum Gasteiger partial charge on any atom is -0.319 e. The highest BCUT2D eigenvalue weighted by molar-refractivity contribution is 5.82. The topological polar surface area (TPSA) is 67.9 Å². The van der Waals surface area contributed by atoms with Gasteiger partial charge in [0.15, 0.2) is 0 Å². The number of nitrogens with zero attached hydrogens (tertiary/aromatic N) is 3. The minimum atomic E-state index is -3.06. The van der Waals surface area contributed by atoms with Gasteiger partial charge in [0, 0.05) is 6.42 Å². The van der Waals surface area contributed by atoms with Crippen LogP contribution in [0.4, 0.5) is 8.78 Å². The molecule has 1 amide bonds. The second-order valence-electron chi connectivity index (χ2n) is 5.38. The predicted octanol–water partition coefficient (Wildman–Crippen LogP) is 2.52. The van der Waals surface area contributed by atoms with Gasteiger partial charge in [0.2, 0.25) is 5.91 Å². The number of amides is 1. The number of hydrogen-bond acceptors (Lipinski definition) is 3. The Hall–Kier alpha value is -2.47. The maximum atomic E-state index is 13.4. The standard InChI is InChI=1S/C16H15F2N3O/c17-16(18)8-14(10-20)21(11-16)15(22)13(9-19)7-6-12-4-2-1-3-5-12/h1-5,13-14H,6-8,11H2. The lowest BCUT2D eigenvalue weighted by atomic mass is 9.99. The summed E-state index contributed by atoms with van der Waals surface area (Å²) in [4.78, 5) is 13.1. The van der Waals surface area contributed by atoms with Gasteiger partial charge in [0.25, 0.3) is 5.92 Å². The number of likely N-dealkylation sites (tertiary alicyclic amines) is 1. The third kappa shape index (κ3) is 3.59. The molecule has 0 N–H and O–H groups in total. The summed E-state index contributed by atoms with van der Waals surface area (Å²) >= 11 is 0. The van der Waals surface area contributed by atoms with Crippen LogP contribution in [0, 0.1) is 28.6 Å². The van der Waals surface area contributed by atoms with E-state index in [1.807, 2.05) is 36.4 Å². The molecule has 2 unspecified atom stereocenters. The van der Waals surface area contributed by atoms with Crippen molar-refractivity contribution in [2.75, 3.05) is 6.54 Å². The predicted molar refractivity (Wildman–Crippen MR) is 74.5 cm³/mol. The zero-order valence-electron chi connectivity index (χ0n) is 11.9. The van der Waals surface area contributed by atoms with Gasteiger partial charge < -0.3 is 4.90 Å². The van der Waals surface area contributed by atoms with Crippen molar-refractivity contribution in [2.45, 2.75) is 31.2 Å². The lowest BCUT2D eigenvalue weighted by Crippen LogP contribution is -2.39. The first-order valence-corrected chi connectivity index (χ1v) is 6.98. The fourth-order valence-corrected chi connectivity index (χ4v) is 2.56. The van der Waals surface area contributed by atoms with Crippen molar-refractivity contribution >= 4 is 5.91 Å². The summed E-state index contributed by atoms with van der Waals surface area (Å²) < 4.78 is 26.8. The fourth-order valence-electron chi connectivity index (χ4n) is 2.56. The molecule has 0 spiro atoms. The molecule has 1 heterocycles.